The Hall–Kier alpha value is -2.60. The van der Waals surface area contributed by atoms with Gasteiger partial charge in [0.2, 0.25) is 0 Å². The van der Waals surface area contributed by atoms with Crippen molar-refractivity contribution in [1.82, 2.24) is 25.2 Å². The highest BCUT2D eigenvalue weighted by Gasteiger charge is 2.30. The summed E-state index contributed by atoms with van der Waals surface area (Å²) in [6.45, 7) is 2.10. The second-order valence-electron chi connectivity index (χ2n) is 7.20. The first kappa shape index (κ1) is 23.6. The number of ether oxygens (including phenoxy) is 1. The maximum Gasteiger partial charge on any atom is 0.281 e. The summed E-state index contributed by atoms with van der Waals surface area (Å²) in [7, 11) is 0. The molecule has 3 aromatic rings. The number of thiazole rings is 1. The van der Waals surface area contributed by atoms with Gasteiger partial charge < -0.3 is 10.1 Å². The van der Waals surface area contributed by atoms with Gasteiger partial charge in [0.25, 0.3) is 12.3 Å². The van der Waals surface area contributed by atoms with Crippen molar-refractivity contribution in [2.45, 2.75) is 12.5 Å². The third kappa shape index (κ3) is 5.49. The Labute approximate surface area is 196 Å². The van der Waals surface area contributed by atoms with Crippen LogP contribution in [0.1, 0.15) is 33.4 Å². The number of amides is 1. The van der Waals surface area contributed by atoms with Gasteiger partial charge in [-0.2, -0.15) is 0 Å². The van der Waals surface area contributed by atoms with Gasteiger partial charge in [-0.05, 0) is 18.2 Å². The van der Waals surface area contributed by atoms with E-state index in [1.54, 1.807) is 6.07 Å². The third-order valence-electron chi connectivity index (χ3n) is 5.17. The number of hydrogen-bond acceptors (Lipinski definition) is 7. The molecule has 1 fully saturated rings. The molecule has 12 heteroatoms. The van der Waals surface area contributed by atoms with Crippen LogP contribution in [-0.4, -0.2) is 58.6 Å². The van der Waals surface area contributed by atoms with Gasteiger partial charge in [0.05, 0.1) is 52.6 Å². The van der Waals surface area contributed by atoms with Crippen molar-refractivity contribution in [2.75, 3.05) is 32.8 Å². The number of nitrogens with one attached hydrogen (secondary N) is 1. The molecule has 3 heterocycles. The van der Waals surface area contributed by atoms with Crippen molar-refractivity contribution in [1.29, 1.82) is 0 Å². The molecule has 0 saturated carbocycles. The molecule has 0 aliphatic carbocycles. The van der Waals surface area contributed by atoms with Crippen molar-refractivity contribution < 1.29 is 22.7 Å². The Bertz CT molecular complexity index is 1110. The average Bonchev–Trinajstić information content (AvgIpc) is 3.31. The van der Waals surface area contributed by atoms with Gasteiger partial charge in [-0.15, -0.1) is 11.3 Å². The molecule has 1 amide bonds. The van der Waals surface area contributed by atoms with Crippen LogP contribution >= 0.6 is 22.9 Å². The summed E-state index contributed by atoms with van der Waals surface area (Å²) in [5, 5.41) is 3.01. The predicted octanol–water partition coefficient (Wildman–Crippen LogP) is 4.13. The second-order valence-corrected chi connectivity index (χ2v) is 8.49. The van der Waals surface area contributed by atoms with Crippen LogP contribution in [0.15, 0.2) is 36.1 Å². The molecule has 1 N–H and O–H groups in total. The van der Waals surface area contributed by atoms with Crippen molar-refractivity contribution in [3.8, 4) is 11.4 Å². The molecule has 174 valence electrons. The lowest BCUT2D eigenvalue weighted by molar-refractivity contribution is 0.0160. The van der Waals surface area contributed by atoms with Crippen LogP contribution in [0.5, 0.6) is 0 Å². The number of morpholine rings is 1. The summed E-state index contributed by atoms with van der Waals surface area (Å²) in [5.41, 5.74) is 1.76. The molecule has 4 rings (SSSR count). The fourth-order valence-corrected chi connectivity index (χ4v) is 4.67. The molecule has 7 nitrogen and oxygen atoms in total. The molecule has 33 heavy (non-hydrogen) atoms. The summed E-state index contributed by atoms with van der Waals surface area (Å²) < 4.78 is 45.5. The third-order valence-corrected chi connectivity index (χ3v) is 6.44. The smallest absolute Gasteiger partial charge is 0.281 e. The van der Waals surface area contributed by atoms with Crippen LogP contribution in [0.4, 0.5) is 13.2 Å². The zero-order valence-corrected chi connectivity index (χ0v) is 18.8. The molecule has 1 saturated heterocycles. The first-order chi connectivity index (χ1) is 15.9. The van der Waals surface area contributed by atoms with E-state index in [-0.39, 0.29) is 28.6 Å². The largest absolute Gasteiger partial charge is 0.379 e. The fraction of sp³-hybridized carbons (Fsp3) is 0.333. The highest BCUT2D eigenvalue weighted by Crippen LogP contribution is 2.33. The minimum atomic E-state index is -2.72. The van der Waals surface area contributed by atoms with Crippen LogP contribution in [0.2, 0.25) is 5.02 Å². The minimum Gasteiger partial charge on any atom is -0.379 e. The molecular weight excluding hydrogens is 479 g/mol. The monoisotopic (exact) mass is 497 g/mol. The van der Waals surface area contributed by atoms with Crippen LogP contribution in [0, 0.1) is 5.82 Å². The van der Waals surface area contributed by atoms with Gasteiger partial charge in [0, 0.05) is 25.2 Å². The fourth-order valence-electron chi connectivity index (χ4n) is 3.54. The lowest BCUT2D eigenvalue weighted by atomic mass is 10.1. The van der Waals surface area contributed by atoms with Crippen molar-refractivity contribution in [2.24, 2.45) is 0 Å². The highest BCUT2D eigenvalue weighted by molar-refractivity contribution is 7.09. The predicted molar refractivity (Wildman–Crippen MR) is 117 cm³/mol. The molecule has 2 aromatic heterocycles. The molecule has 1 aliphatic heterocycles. The first-order valence-electron chi connectivity index (χ1n) is 10.0. The SMILES string of the molecule is O=C(NCC(c1scnc1C(F)F)N1CCOCC1)c1cc(-c2ncc(F)cn2)ccc1Cl. The zero-order valence-electron chi connectivity index (χ0n) is 17.2. The summed E-state index contributed by atoms with van der Waals surface area (Å²) in [6, 6.07) is 4.16. The van der Waals surface area contributed by atoms with Crippen LogP contribution in [0.3, 0.4) is 0 Å². The van der Waals surface area contributed by atoms with E-state index in [0.717, 1.165) is 23.7 Å². The number of aromatic nitrogens is 3. The Morgan fingerprint density at radius 1 is 1.21 bits per heavy atom. The minimum absolute atomic E-state index is 0.0777. The van der Waals surface area contributed by atoms with E-state index >= 15 is 0 Å². The maximum atomic E-state index is 13.5. The van der Waals surface area contributed by atoms with Gasteiger partial charge in [0.15, 0.2) is 11.6 Å². The Morgan fingerprint density at radius 2 is 1.94 bits per heavy atom. The Balaban J connectivity index is 1.55. The van der Waals surface area contributed by atoms with Gasteiger partial charge in [-0.3, -0.25) is 9.69 Å². The summed E-state index contributed by atoms with van der Waals surface area (Å²) in [5.74, 6) is -0.823. The molecule has 0 bridgehead atoms. The van der Waals surface area contributed by atoms with E-state index in [1.165, 1.54) is 17.6 Å². The maximum absolute atomic E-state index is 13.5. The molecule has 0 spiro atoms. The molecule has 1 unspecified atom stereocenters. The van der Waals surface area contributed by atoms with E-state index in [1.807, 2.05) is 4.90 Å². The van der Waals surface area contributed by atoms with E-state index < -0.39 is 24.2 Å². The quantitative estimate of drug-likeness (QED) is 0.528. The standard InChI is InChI=1S/C21H19ClF3N5O2S/c22-15-2-1-12(20-26-8-13(23)9-27-20)7-14(15)21(31)28-10-16(30-3-5-32-6-4-30)18-17(19(24)25)29-11-33-18/h1-2,7-9,11,16,19H,3-6,10H2,(H,28,31). The first-order valence-corrected chi connectivity index (χ1v) is 11.3. The van der Waals surface area contributed by atoms with Gasteiger partial charge >= 0.3 is 0 Å². The van der Waals surface area contributed by atoms with Crippen molar-refractivity contribution >= 4 is 28.8 Å². The van der Waals surface area contributed by atoms with E-state index in [2.05, 4.69) is 20.3 Å². The Morgan fingerprint density at radius 3 is 2.64 bits per heavy atom. The molecule has 1 aliphatic rings. The van der Waals surface area contributed by atoms with E-state index in [9.17, 15) is 18.0 Å². The number of halogens is 4. The van der Waals surface area contributed by atoms with Crippen LogP contribution in [0.25, 0.3) is 11.4 Å². The number of rotatable bonds is 7. The lowest BCUT2D eigenvalue weighted by Crippen LogP contribution is -2.44. The molecular formula is C21H19ClF3N5O2S. The number of alkyl halides is 2. The van der Waals surface area contributed by atoms with E-state index in [4.69, 9.17) is 16.3 Å². The van der Waals surface area contributed by atoms with Gasteiger partial charge in [-0.25, -0.2) is 28.1 Å². The summed E-state index contributed by atoms with van der Waals surface area (Å²) >= 11 is 7.37. The van der Waals surface area contributed by atoms with Crippen LogP contribution in [-0.2, 0) is 4.74 Å². The van der Waals surface area contributed by atoms with E-state index in [0.29, 0.717) is 36.7 Å². The summed E-state index contributed by atoms with van der Waals surface area (Å²) in [6.07, 6.45) is -0.661. The molecule has 1 atom stereocenters. The van der Waals surface area contributed by atoms with Crippen LogP contribution < -0.4 is 5.32 Å². The number of carbonyl (C=O) groups is 1. The Kier molecular flexibility index (Phi) is 7.53. The molecule has 1 aromatic carbocycles. The van der Waals surface area contributed by atoms with Gasteiger partial charge in [-0.1, -0.05) is 11.6 Å². The average molecular weight is 498 g/mol. The summed E-state index contributed by atoms with van der Waals surface area (Å²) in [4.78, 5) is 27.0. The van der Waals surface area contributed by atoms with Crippen molar-refractivity contribution in [3.05, 3.63) is 63.1 Å². The zero-order chi connectivity index (χ0) is 23.4. The normalized spacial score (nSPS) is 15.5. The molecule has 0 radical (unpaired) electrons. The van der Waals surface area contributed by atoms with Crippen molar-refractivity contribution in [3.63, 3.8) is 0 Å². The lowest BCUT2D eigenvalue weighted by Gasteiger charge is -2.34. The topological polar surface area (TPSA) is 80.2 Å². The number of hydrogen-bond donors (Lipinski definition) is 1. The van der Waals surface area contributed by atoms with Gasteiger partial charge in [0.1, 0.15) is 5.69 Å². The number of nitrogens with zero attached hydrogens (tertiary/aromatic N) is 4. The number of carbonyl (C=O) groups excluding carboxylic acids is 1. The number of benzene rings is 1. The highest BCUT2D eigenvalue weighted by atomic mass is 35.5. The second kappa shape index (κ2) is 10.6.